The zero-order valence-corrected chi connectivity index (χ0v) is 11.8. The maximum Gasteiger partial charge on any atom is 0.490 e. The Morgan fingerprint density at radius 2 is 1.17 bits per heavy atom. The molecule has 0 aromatic carbocycles. The molecule has 0 aromatic heterocycles. The Kier molecular flexibility index (Phi) is 9.26. The SMILES string of the molecule is CN(C)C(=O)C1CNC1.O=C(O)C(F)(F)F.O=C(O)C(F)(F)F. The molecule has 13 heteroatoms. The van der Waals surface area contributed by atoms with Crippen molar-refractivity contribution in [3.63, 3.8) is 0 Å². The molecule has 0 bridgehead atoms. The second kappa shape index (κ2) is 9.17. The van der Waals surface area contributed by atoms with Gasteiger partial charge in [0.2, 0.25) is 5.91 Å². The zero-order valence-electron chi connectivity index (χ0n) is 11.8. The summed E-state index contributed by atoms with van der Waals surface area (Å²) in [6.07, 6.45) is -10.2. The molecule has 0 aliphatic carbocycles. The van der Waals surface area contributed by atoms with Crippen LogP contribution in [0.2, 0.25) is 0 Å². The molecule has 0 saturated carbocycles. The van der Waals surface area contributed by atoms with Gasteiger partial charge in [-0.2, -0.15) is 26.3 Å². The molecule has 1 heterocycles. The van der Waals surface area contributed by atoms with E-state index in [2.05, 4.69) is 5.32 Å². The van der Waals surface area contributed by atoms with Crippen molar-refractivity contribution in [2.75, 3.05) is 27.2 Å². The molecule has 1 rings (SSSR count). The van der Waals surface area contributed by atoms with Crippen LogP contribution in [0, 0.1) is 5.92 Å². The van der Waals surface area contributed by atoms with Crippen molar-refractivity contribution >= 4 is 17.8 Å². The van der Waals surface area contributed by atoms with Crippen molar-refractivity contribution in [2.24, 2.45) is 5.92 Å². The van der Waals surface area contributed by atoms with Gasteiger partial charge in [0.15, 0.2) is 0 Å². The van der Waals surface area contributed by atoms with Crippen LogP contribution in [-0.2, 0) is 14.4 Å². The van der Waals surface area contributed by atoms with E-state index < -0.39 is 24.3 Å². The van der Waals surface area contributed by atoms with E-state index in [-0.39, 0.29) is 11.8 Å². The maximum absolute atomic E-state index is 11.0. The van der Waals surface area contributed by atoms with E-state index in [9.17, 15) is 31.1 Å². The monoisotopic (exact) mass is 356 g/mol. The van der Waals surface area contributed by atoms with Gasteiger partial charge in [0.25, 0.3) is 0 Å². The van der Waals surface area contributed by atoms with Crippen molar-refractivity contribution in [3.8, 4) is 0 Å². The predicted octanol–water partition coefficient (Wildman–Crippen LogP) is 0.561. The average molecular weight is 356 g/mol. The van der Waals surface area contributed by atoms with Gasteiger partial charge in [-0.1, -0.05) is 0 Å². The van der Waals surface area contributed by atoms with Crippen LogP contribution in [0.5, 0.6) is 0 Å². The summed E-state index contributed by atoms with van der Waals surface area (Å²) in [6.45, 7) is 1.72. The van der Waals surface area contributed by atoms with Crippen LogP contribution >= 0.6 is 0 Å². The summed E-state index contributed by atoms with van der Waals surface area (Å²) in [6, 6.07) is 0. The van der Waals surface area contributed by atoms with Crippen LogP contribution in [0.25, 0.3) is 0 Å². The van der Waals surface area contributed by atoms with Gasteiger partial charge in [0.1, 0.15) is 0 Å². The van der Waals surface area contributed by atoms with E-state index in [1.807, 2.05) is 0 Å². The fourth-order valence-corrected chi connectivity index (χ4v) is 0.828. The highest BCUT2D eigenvalue weighted by molar-refractivity contribution is 5.79. The molecule has 1 amide bonds. The fourth-order valence-electron chi connectivity index (χ4n) is 0.828. The topological polar surface area (TPSA) is 107 Å². The van der Waals surface area contributed by atoms with Crippen molar-refractivity contribution < 1.29 is 50.9 Å². The highest BCUT2D eigenvalue weighted by Crippen LogP contribution is 2.13. The number of carbonyl (C=O) groups is 3. The van der Waals surface area contributed by atoms with Gasteiger partial charge in [-0.25, -0.2) is 9.59 Å². The third kappa shape index (κ3) is 11.2. The lowest BCUT2D eigenvalue weighted by molar-refractivity contribution is -0.193. The molecule has 0 unspecified atom stereocenters. The molecular weight excluding hydrogens is 342 g/mol. The number of carbonyl (C=O) groups excluding carboxylic acids is 1. The lowest BCUT2D eigenvalue weighted by Gasteiger charge is -2.28. The Morgan fingerprint density at radius 1 is 0.913 bits per heavy atom. The van der Waals surface area contributed by atoms with Gasteiger partial charge in [0.05, 0.1) is 5.92 Å². The Labute approximate surface area is 125 Å². The van der Waals surface area contributed by atoms with Gasteiger partial charge in [-0.15, -0.1) is 0 Å². The Morgan fingerprint density at radius 3 is 1.22 bits per heavy atom. The van der Waals surface area contributed by atoms with Crippen LogP contribution in [0.3, 0.4) is 0 Å². The molecule has 1 aliphatic heterocycles. The minimum Gasteiger partial charge on any atom is -0.475 e. The van der Waals surface area contributed by atoms with E-state index in [4.69, 9.17) is 19.8 Å². The van der Waals surface area contributed by atoms with E-state index in [1.165, 1.54) is 0 Å². The highest BCUT2D eigenvalue weighted by Gasteiger charge is 2.38. The number of halogens is 6. The number of carboxylic acid groups (broad SMARTS) is 2. The predicted molar refractivity (Wildman–Crippen MR) is 62.4 cm³/mol. The first-order valence-electron chi connectivity index (χ1n) is 5.62. The summed E-state index contributed by atoms with van der Waals surface area (Å²) < 4.78 is 63.5. The third-order valence-electron chi connectivity index (χ3n) is 2.06. The number of carboxylic acids is 2. The minimum absolute atomic E-state index is 0.244. The molecule has 7 nitrogen and oxygen atoms in total. The summed E-state index contributed by atoms with van der Waals surface area (Å²) >= 11 is 0. The first kappa shape index (κ1) is 23.2. The Balaban J connectivity index is 0. The number of hydrogen-bond acceptors (Lipinski definition) is 4. The van der Waals surface area contributed by atoms with Crippen molar-refractivity contribution in [2.45, 2.75) is 12.4 Å². The normalized spacial score (nSPS) is 14.3. The molecule has 0 radical (unpaired) electrons. The Hall–Kier alpha value is -2.05. The molecule has 1 aliphatic rings. The number of amides is 1. The molecule has 1 saturated heterocycles. The number of nitrogens with zero attached hydrogens (tertiary/aromatic N) is 1. The second-order valence-corrected chi connectivity index (χ2v) is 4.19. The molecule has 1 fully saturated rings. The van der Waals surface area contributed by atoms with E-state index >= 15 is 0 Å². The van der Waals surface area contributed by atoms with Gasteiger partial charge in [-0.05, 0) is 0 Å². The number of nitrogens with one attached hydrogen (secondary N) is 1. The van der Waals surface area contributed by atoms with Crippen LogP contribution < -0.4 is 5.32 Å². The minimum atomic E-state index is -5.08. The number of aliphatic carboxylic acids is 2. The van der Waals surface area contributed by atoms with Crippen molar-refractivity contribution in [1.29, 1.82) is 0 Å². The summed E-state index contributed by atoms with van der Waals surface area (Å²) in [5.74, 6) is -5.02. The van der Waals surface area contributed by atoms with Gasteiger partial charge < -0.3 is 20.4 Å². The highest BCUT2D eigenvalue weighted by atomic mass is 19.4. The standard InChI is InChI=1S/C6H12N2O.2C2HF3O2/c1-8(2)6(9)5-3-7-4-5;2*3-2(4,5)1(6)7/h5,7H,3-4H2,1-2H3;2*(H,6,7). The summed E-state index contributed by atoms with van der Waals surface area (Å²) in [5.41, 5.74) is 0. The molecule has 0 spiro atoms. The van der Waals surface area contributed by atoms with Crippen molar-refractivity contribution in [3.05, 3.63) is 0 Å². The third-order valence-corrected chi connectivity index (χ3v) is 2.06. The largest absolute Gasteiger partial charge is 0.490 e. The summed E-state index contributed by atoms with van der Waals surface area (Å²) in [4.78, 5) is 30.4. The van der Waals surface area contributed by atoms with E-state index in [1.54, 1.807) is 19.0 Å². The molecule has 136 valence electrons. The lowest BCUT2D eigenvalue weighted by atomic mass is 10.0. The van der Waals surface area contributed by atoms with Crippen LogP contribution in [0.15, 0.2) is 0 Å². The fraction of sp³-hybridized carbons (Fsp3) is 0.700. The van der Waals surface area contributed by atoms with Crippen LogP contribution in [0.1, 0.15) is 0 Å². The maximum atomic E-state index is 11.0. The quantitative estimate of drug-likeness (QED) is 0.593. The molecule has 0 atom stereocenters. The zero-order chi connectivity index (χ0) is 19.0. The Bertz CT molecular complexity index is 393. The van der Waals surface area contributed by atoms with Gasteiger partial charge in [0, 0.05) is 27.2 Å². The van der Waals surface area contributed by atoms with E-state index in [0.717, 1.165) is 13.1 Å². The van der Waals surface area contributed by atoms with Gasteiger partial charge >= 0.3 is 24.3 Å². The molecule has 3 N–H and O–H groups in total. The van der Waals surface area contributed by atoms with Crippen molar-refractivity contribution in [1.82, 2.24) is 10.2 Å². The van der Waals surface area contributed by atoms with Crippen LogP contribution in [-0.4, -0.2) is 72.5 Å². The number of hydrogen-bond donors (Lipinski definition) is 3. The molecule has 0 aromatic rings. The first-order valence-corrected chi connectivity index (χ1v) is 5.62. The van der Waals surface area contributed by atoms with E-state index in [0.29, 0.717) is 0 Å². The lowest BCUT2D eigenvalue weighted by Crippen LogP contribution is -2.50. The van der Waals surface area contributed by atoms with Crippen LogP contribution in [0.4, 0.5) is 26.3 Å². The summed E-state index contributed by atoms with van der Waals surface area (Å²) in [5, 5.41) is 17.3. The number of rotatable bonds is 1. The molecular formula is C10H14F6N2O5. The average Bonchev–Trinajstić information content (AvgIpc) is 2.25. The first-order chi connectivity index (χ1) is 10.1. The molecule has 23 heavy (non-hydrogen) atoms. The van der Waals surface area contributed by atoms with Gasteiger partial charge in [-0.3, -0.25) is 4.79 Å². The summed E-state index contributed by atoms with van der Waals surface area (Å²) in [7, 11) is 3.58. The smallest absolute Gasteiger partial charge is 0.475 e. The number of alkyl halides is 6. The second-order valence-electron chi connectivity index (χ2n) is 4.19.